The van der Waals surface area contributed by atoms with Gasteiger partial charge in [-0.2, -0.15) is 23.5 Å². The first-order chi connectivity index (χ1) is 8.61. The zero-order chi connectivity index (χ0) is 13.1. The maximum Gasteiger partial charge on any atom is 0.0586 e. The molecule has 5 heteroatoms. The third-order valence-corrected chi connectivity index (χ3v) is 7.10. The Morgan fingerprint density at radius 3 is 2.50 bits per heavy atom. The van der Waals surface area contributed by atoms with Crippen LogP contribution in [0.2, 0.25) is 5.02 Å². The fraction of sp³-hybridized carbons (Fsp3) is 0.538. The van der Waals surface area contributed by atoms with Crippen LogP contribution in [0.4, 0.5) is 0 Å². The molecule has 2 rings (SSSR count). The summed E-state index contributed by atoms with van der Waals surface area (Å²) in [4.78, 5) is 0. The van der Waals surface area contributed by atoms with E-state index in [1.165, 1.54) is 5.56 Å². The van der Waals surface area contributed by atoms with E-state index in [1.807, 2.05) is 35.7 Å². The molecule has 1 fully saturated rings. The van der Waals surface area contributed by atoms with Crippen molar-refractivity contribution < 1.29 is 0 Å². The average molecular weight is 303 g/mol. The molecule has 1 aliphatic rings. The van der Waals surface area contributed by atoms with Crippen molar-refractivity contribution in [1.29, 1.82) is 0 Å². The molecule has 18 heavy (non-hydrogen) atoms. The molecule has 1 aromatic rings. The van der Waals surface area contributed by atoms with Gasteiger partial charge in [-0.15, -0.1) is 0 Å². The fourth-order valence-electron chi connectivity index (χ4n) is 2.07. The van der Waals surface area contributed by atoms with Gasteiger partial charge in [-0.05, 0) is 17.7 Å². The van der Waals surface area contributed by atoms with E-state index in [-0.39, 0.29) is 6.04 Å². The highest BCUT2D eigenvalue weighted by molar-refractivity contribution is 8.07. The summed E-state index contributed by atoms with van der Waals surface area (Å²) in [6.45, 7) is 4.59. The van der Waals surface area contributed by atoms with Crippen LogP contribution in [0.5, 0.6) is 0 Å². The van der Waals surface area contributed by atoms with Crippen LogP contribution in [0, 0.1) is 0 Å². The Kier molecular flexibility index (Phi) is 5.27. The molecule has 1 heterocycles. The maximum absolute atomic E-state index is 5.93. The molecule has 0 radical (unpaired) electrons. The fourth-order valence-corrected chi connectivity index (χ4v) is 5.30. The van der Waals surface area contributed by atoms with Crippen LogP contribution in [0.3, 0.4) is 0 Å². The second-order valence-corrected chi connectivity index (χ2v) is 8.08. The van der Waals surface area contributed by atoms with E-state index in [0.717, 1.165) is 16.0 Å². The minimum Gasteiger partial charge on any atom is -0.271 e. The standard InChI is InChI=1S/C13H19ClN2S2/c1-8-9(2)18-12(7-17-8)13(16-15)10-3-5-11(14)6-4-10/h3-6,8-9,12-13,16H,7,15H2,1-2H3. The molecule has 4 atom stereocenters. The summed E-state index contributed by atoms with van der Waals surface area (Å²) >= 11 is 9.99. The van der Waals surface area contributed by atoms with Crippen LogP contribution in [0.1, 0.15) is 25.5 Å². The lowest BCUT2D eigenvalue weighted by Gasteiger charge is -2.35. The zero-order valence-electron chi connectivity index (χ0n) is 10.6. The summed E-state index contributed by atoms with van der Waals surface area (Å²) in [5, 5.41) is 2.65. The first-order valence-electron chi connectivity index (χ1n) is 6.10. The van der Waals surface area contributed by atoms with E-state index in [9.17, 15) is 0 Å². The molecular formula is C13H19ClN2S2. The number of benzene rings is 1. The molecule has 100 valence electrons. The van der Waals surface area contributed by atoms with Crippen LogP contribution in [-0.4, -0.2) is 21.5 Å². The lowest BCUT2D eigenvalue weighted by Crippen LogP contribution is -2.40. The predicted molar refractivity (Wildman–Crippen MR) is 84.3 cm³/mol. The highest BCUT2D eigenvalue weighted by Crippen LogP contribution is 2.40. The smallest absolute Gasteiger partial charge is 0.0586 e. The van der Waals surface area contributed by atoms with E-state index in [0.29, 0.717) is 10.5 Å². The minimum absolute atomic E-state index is 0.190. The van der Waals surface area contributed by atoms with Crippen molar-refractivity contribution in [3.8, 4) is 0 Å². The van der Waals surface area contributed by atoms with Gasteiger partial charge in [0.1, 0.15) is 0 Å². The van der Waals surface area contributed by atoms with Gasteiger partial charge in [0.2, 0.25) is 0 Å². The van der Waals surface area contributed by atoms with Crippen molar-refractivity contribution in [2.75, 3.05) is 5.75 Å². The summed E-state index contributed by atoms with van der Waals surface area (Å²) in [5.41, 5.74) is 4.18. The summed E-state index contributed by atoms with van der Waals surface area (Å²) in [7, 11) is 0. The number of hydrogen-bond donors (Lipinski definition) is 2. The molecule has 2 nitrogen and oxygen atoms in total. The van der Waals surface area contributed by atoms with E-state index in [4.69, 9.17) is 17.4 Å². The van der Waals surface area contributed by atoms with Crippen LogP contribution in [-0.2, 0) is 0 Å². The van der Waals surface area contributed by atoms with Crippen molar-refractivity contribution in [3.05, 3.63) is 34.9 Å². The van der Waals surface area contributed by atoms with Gasteiger partial charge in [-0.3, -0.25) is 11.3 Å². The Labute approximate surface area is 122 Å². The maximum atomic E-state index is 5.93. The lowest BCUT2D eigenvalue weighted by molar-refractivity contribution is 0.550. The van der Waals surface area contributed by atoms with Gasteiger partial charge < -0.3 is 0 Å². The van der Waals surface area contributed by atoms with E-state index < -0.39 is 0 Å². The van der Waals surface area contributed by atoms with Gasteiger partial charge in [0, 0.05) is 26.5 Å². The topological polar surface area (TPSA) is 38.0 Å². The molecule has 3 N–H and O–H groups in total. The number of hydrazine groups is 1. The van der Waals surface area contributed by atoms with E-state index in [2.05, 4.69) is 31.4 Å². The second kappa shape index (κ2) is 6.53. The Morgan fingerprint density at radius 2 is 1.94 bits per heavy atom. The van der Waals surface area contributed by atoms with E-state index >= 15 is 0 Å². The van der Waals surface area contributed by atoms with Gasteiger partial charge in [0.05, 0.1) is 6.04 Å². The quantitative estimate of drug-likeness (QED) is 0.662. The van der Waals surface area contributed by atoms with Crippen molar-refractivity contribution >= 4 is 35.1 Å². The predicted octanol–water partition coefficient (Wildman–Crippen LogP) is 3.47. The summed E-state index contributed by atoms with van der Waals surface area (Å²) in [6, 6.07) is 8.15. The molecule has 1 saturated heterocycles. The van der Waals surface area contributed by atoms with Crippen LogP contribution in [0.25, 0.3) is 0 Å². The first-order valence-corrected chi connectivity index (χ1v) is 8.47. The van der Waals surface area contributed by atoms with Crippen molar-refractivity contribution in [3.63, 3.8) is 0 Å². The van der Waals surface area contributed by atoms with Crippen LogP contribution in [0.15, 0.2) is 24.3 Å². The molecule has 1 aliphatic heterocycles. The molecule has 0 bridgehead atoms. The van der Waals surface area contributed by atoms with Crippen LogP contribution < -0.4 is 11.3 Å². The number of thioether (sulfide) groups is 2. The molecule has 0 spiro atoms. The van der Waals surface area contributed by atoms with Gasteiger partial charge in [0.25, 0.3) is 0 Å². The van der Waals surface area contributed by atoms with Gasteiger partial charge in [-0.25, -0.2) is 0 Å². The van der Waals surface area contributed by atoms with Gasteiger partial charge >= 0.3 is 0 Å². The summed E-state index contributed by atoms with van der Waals surface area (Å²) in [5.74, 6) is 6.88. The average Bonchev–Trinajstić information content (AvgIpc) is 2.37. The molecule has 0 aliphatic carbocycles. The number of rotatable bonds is 3. The molecular weight excluding hydrogens is 284 g/mol. The Balaban J connectivity index is 2.11. The second-order valence-electron chi connectivity index (χ2n) is 4.61. The Bertz CT molecular complexity index is 385. The molecule has 1 aromatic carbocycles. The molecule has 4 unspecified atom stereocenters. The normalized spacial score (nSPS) is 30.1. The van der Waals surface area contributed by atoms with Crippen molar-refractivity contribution in [2.45, 2.75) is 35.6 Å². The zero-order valence-corrected chi connectivity index (χ0v) is 13.0. The molecule has 0 saturated carbocycles. The largest absolute Gasteiger partial charge is 0.271 e. The van der Waals surface area contributed by atoms with Gasteiger partial charge in [-0.1, -0.05) is 37.6 Å². The number of halogens is 1. The monoisotopic (exact) mass is 302 g/mol. The van der Waals surface area contributed by atoms with Crippen molar-refractivity contribution in [2.24, 2.45) is 5.84 Å². The Hall–Kier alpha value is 0.130. The molecule has 0 aromatic heterocycles. The third kappa shape index (κ3) is 3.36. The van der Waals surface area contributed by atoms with Crippen LogP contribution >= 0.6 is 35.1 Å². The SMILES string of the molecule is CC1SCC(C(NN)c2ccc(Cl)cc2)SC1C. The van der Waals surface area contributed by atoms with Gasteiger partial charge in [0.15, 0.2) is 0 Å². The number of nitrogens with two attached hydrogens (primary N) is 1. The third-order valence-electron chi connectivity index (χ3n) is 3.35. The summed E-state index contributed by atoms with van der Waals surface area (Å²) < 4.78 is 0. The van der Waals surface area contributed by atoms with E-state index in [1.54, 1.807) is 0 Å². The minimum atomic E-state index is 0.190. The Morgan fingerprint density at radius 1 is 1.28 bits per heavy atom. The first kappa shape index (κ1) is 14.5. The lowest BCUT2D eigenvalue weighted by atomic mass is 10.1. The van der Waals surface area contributed by atoms with Crippen molar-refractivity contribution in [1.82, 2.24) is 5.43 Å². The number of hydrogen-bond acceptors (Lipinski definition) is 4. The highest BCUT2D eigenvalue weighted by atomic mass is 35.5. The summed E-state index contributed by atoms with van der Waals surface area (Å²) in [6.07, 6.45) is 0. The molecule has 0 amide bonds. The number of nitrogens with one attached hydrogen (secondary N) is 1. The highest BCUT2D eigenvalue weighted by Gasteiger charge is 2.31.